The standard InChI is InChI=1S/C17H21FN2O4S/c1-10(2)7-14(21)19-13-4-3-11(8-12(13)18)15(22)20-17(16(23)24)5-6-25-9-17/h3-4,8,10H,5-7,9H2,1-2H3,(H,19,21)(H,20,22)(H,23,24). The summed E-state index contributed by atoms with van der Waals surface area (Å²) in [5.74, 6) is -1.73. The van der Waals surface area contributed by atoms with E-state index in [0.29, 0.717) is 12.2 Å². The van der Waals surface area contributed by atoms with Gasteiger partial charge in [-0.3, -0.25) is 9.59 Å². The first-order chi connectivity index (χ1) is 11.7. The topological polar surface area (TPSA) is 95.5 Å². The van der Waals surface area contributed by atoms with Crippen LogP contribution in [-0.4, -0.2) is 39.9 Å². The maximum absolute atomic E-state index is 14.2. The van der Waals surface area contributed by atoms with E-state index in [1.807, 2.05) is 13.8 Å². The molecule has 0 spiro atoms. The summed E-state index contributed by atoms with van der Waals surface area (Å²) in [6, 6.07) is 3.67. The highest BCUT2D eigenvalue weighted by molar-refractivity contribution is 7.99. The Morgan fingerprint density at radius 1 is 1.36 bits per heavy atom. The van der Waals surface area contributed by atoms with Gasteiger partial charge in [0.25, 0.3) is 5.91 Å². The van der Waals surface area contributed by atoms with Crippen molar-refractivity contribution in [3.8, 4) is 0 Å². The SMILES string of the molecule is CC(C)CC(=O)Nc1ccc(C(=O)NC2(C(=O)O)CCSC2)cc1F. The third kappa shape index (κ3) is 4.72. The minimum Gasteiger partial charge on any atom is -0.479 e. The number of carboxylic acid groups (broad SMARTS) is 1. The van der Waals surface area contributed by atoms with Gasteiger partial charge in [0.15, 0.2) is 0 Å². The molecule has 1 atom stereocenters. The predicted octanol–water partition coefficient (Wildman–Crippen LogP) is 2.50. The van der Waals surface area contributed by atoms with Crippen molar-refractivity contribution in [2.24, 2.45) is 5.92 Å². The molecular weight excluding hydrogens is 347 g/mol. The quantitative estimate of drug-likeness (QED) is 0.717. The number of halogens is 1. The van der Waals surface area contributed by atoms with Crippen molar-refractivity contribution in [1.82, 2.24) is 5.32 Å². The molecule has 0 aliphatic carbocycles. The molecule has 1 heterocycles. The highest BCUT2D eigenvalue weighted by Gasteiger charge is 2.43. The van der Waals surface area contributed by atoms with Gasteiger partial charge in [0.05, 0.1) is 5.69 Å². The van der Waals surface area contributed by atoms with Gasteiger partial charge in [0.2, 0.25) is 5.91 Å². The molecule has 1 aromatic carbocycles. The number of amides is 2. The summed E-state index contributed by atoms with van der Waals surface area (Å²) in [6.45, 7) is 3.76. The van der Waals surface area contributed by atoms with Crippen LogP contribution in [0.3, 0.4) is 0 Å². The average molecular weight is 368 g/mol. The Kier molecular flexibility index (Phi) is 6.05. The number of rotatable bonds is 6. The first-order valence-electron chi connectivity index (χ1n) is 7.96. The first-order valence-corrected chi connectivity index (χ1v) is 9.12. The molecule has 1 saturated heterocycles. The third-order valence-electron chi connectivity index (χ3n) is 3.88. The zero-order valence-electron chi connectivity index (χ0n) is 14.1. The largest absolute Gasteiger partial charge is 0.479 e. The molecule has 1 aliphatic rings. The van der Waals surface area contributed by atoms with E-state index < -0.39 is 23.2 Å². The van der Waals surface area contributed by atoms with Gasteiger partial charge >= 0.3 is 5.97 Å². The van der Waals surface area contributed by atoms with Crippen molar-refractivity contribution in [1.29, 1.82) is 0 Å². The first kappa shape index (κ1) is 19.2. The molecule has 1 unspecified atom stereocenters. The van der Waals surface area contributed by atoms with E-state index in [1.54, 1.807) is 0 Å². The van der Waals surface area contributed by atoms with Gasteiger partial charge in [0, 0.05) is 17.7 Å². The van der Waals surface area contributed by atoms with Crippen molar-refractivity contribution >= 4 is 35.2 Å². The number of hydrogen-bond acceptors (Lipinski definition) is 4. The molecule has 0 bridgehead atoms. The van der Waals surface area contributed by atoms with Gasteiger partial charge in [-0.1, -0.05) is 13.8 Å². The molecule has 1 aromatic rings. The van der Waals surface area contributed by atoms with Gasteiger partial charge in [-0.05, 0) is 36.3 Å². The fraction of sp³-hybridized carbons (Fsp3) is 0.471. The van der Waals surface area contributed by atoms with Gasteiger partial charge in [-0.15, -0.1) is 0 Å². The van der Waals surface area contributed by atoms with E-state index in [9.17, 15) is 23.9 Å². The minimum atomic E-state index is -1.32. The molecule has 2 rings (SSSR count). The predicted molar refractivity (Wildman–Crippen MR) is 94.3 cm³/mol. The van der Waals surface area contributed by atoms with Gasteiger partial charge < -0.3 is 15.7 Å². The van der Waals surface area contributed by atoms with Crippen LogP contribution in [0.2, 0.25) is 0 Å². The van der Waals surface area contributed by atoms with Crippen molar-refractivity contribution in [2.45, 2.75) is 32.2 Å². The zero-order valence-corrected chi connectivity index (χ0v) is 14.9. The molecule has 0 saturated carbocycles. The monoisotopic (exact) mass is 368 g/mol. The third-order valence-corrected chi connectivity index (χ3v) is 5.07. The van der Waals surface area contributed by atoms with Crippen LogP contribution in [0.1, 0.15) is 37.0 Å². The summed E-state index contributed by atoms with van der Waals surface area (Å²) in [6.07, 6.45) is 0.588. The summed E-state index contributed by atoms with van der Waals surface area (Å²) in [7, 11) is 0. The average Bonchev–Trinajstić information content (AvgIpc) is 2.98. The van der Waals surface area contributed by atoms with Crippen LogP contribution in [0.15, 0.2) is 18.2 Å². The van der Waals surface area contributed by atoms with E-state index in [0.717, 1.165) is 6.07 Å². The number of hydrogen-bond donors (Lipinski definition) is 3. The highest BCUT2D eigenvalue weighted by atomic mass is 32.2. The molecule has 0 radical (unpaired) electrons. The smallest absolute Gasteiger partial charge is 0.330 e. The summed E-state index contributed by atoms with van der Waals surface area (Å²) in [4.78, 5) is 35.5. The minimum absolute atomic E-state index is 0.00781. The van der Waals surface area contributed by atoms with E-state index in [2.05, 4.69) is 10.6 Å². The van der Waals surface area contributed by atoms with Gasteiger partial charge in [-0.2, -0.15) is 11.8 Å². The van der Waals surface area contributed by atoms with Crippen molar-refractivity contribution in [3.05, 3.63) is 29.6 Å². The van der Waals surface area contributed by atoms with Crippen LogP contribution in [0.25, 0.3) is 0 Å². The number of aliphatic carboxylic acids is 1. The molecular formula is C17H21FN2O4S. The Bertz CT molecular complexity index is 687. The second-order valence-electron chi connectivity index (χ2n) is 6.48. The van der Waals surface area contributed by atoms with Crippen LogP contribution in [0, 0.1) is 11.7 Å². The summed E-state index contributed by atoms with van der Waals surface area (Å²) < 4.78 is 14.2. The normalized spacial score (nSPS) is 19.7. The van der Waals surface area contributed by atoms with E-state index >= 15 is 0 Å². The number of anilines is 1. The Morgan fingerprint density at radius 2 is 2.08 bits per heavy atom. The lowest BCUT2D eigenvalue weighted by molar-refractivity contribution is -0.143. The summed E-state index contributed by atoms with van der Waals surface area (Å²) >= 11 is 1.45. The fourth-order valence-corrected chi connectivity index (χ4v) is 3.83. The summed E-state index contributed by atoms with van der Waals surface area (Å²) in [5.41, 5.74) is -1.31. The van der Waals surface area contributed by atoms with E-state index in [4.69, 9.17) is 0 Å². The molecule has 1 aliphatic heterocycles. The zero-order chi connectivity index (χ0) is 18.6. The second kappa shape index (κ2) is 7.86. The maximum atomic E-state index is 14.2. The molecule has 1 fully saturated rings. The molecule has 0 aromatic heterocycles. The van der Waals surface area contributed by atoms with Crippen LogP contribution in [0.5, 0.6) is 0 Å². The van der Waals surface area contributed by atoms with Crippen LogP contribution in [-0.2, 0) is 9.59 Å². The number of carbonyl (C=O) groups excluding carboxylic acids is 2. The Hall–Kier alpha value is -2.09. The number of thioether (sulfide) groups is 1. The Balaban J connectivity index is 2.10. The highest BCUT2D eigenvalue weighted by Crippen LogP contribution is 2.29. The number of benzene rings is 1. The molecule has 8 heteroatoms. The van der Waals surface area contributed by atoms with Gasteiger partial charge in [-0.25, -0.2) is 9.18 Å². The van der Waals surface area contributed by atoms with Crippen LogP contribution < -0.4 is 10.6 Å². The molecule has 2 amide bonds. The molecule has 3 N–H and O–H groups in total. The summed E-state index contributed by atoms with van der Waals surface area (Å²) in [5, 5.41) is 14.4. The molecule has 6 nitrogen and oxygen atoms in total. The van der Waals surface area contributed by atoms with Crippen LogP contribution >= 0.6 is 11.8 Å². The number of carboxylic acids is 1. The maximum Gasteiger partial charge on any atom is 0.330 e. The lowest BCUT2D eigenvalue weighted by atomic mass is 9.98. The lowest BCUT2D eigenvalue weighted by Crippen LogP contribution is -2.54. The number of carbonyl (C=O) groups is 3. The number of nitrogens with one attached hydrogen (secondary N) is 2. The van der Waals surface area contributed by atoms with Crippen molar-refractivity contribution < 1.29 is 23.9 Å². The lowest BCUT2D eigenvalue weighted by Gasteiger charge is -2.24. The Morgan fingerprint density at radius 3 is 2.60 bits per heavy atom. The van der Waals surface area contributed by atoms with Crippen LogP contribution in [0.4, 0.5) is 10.1 Å². The van der Waals surface area contributed by atoms with E-state index in [1.165, 1.54) is 23.9 Å². The van der Waals surface area contributed by atoms with Crippen molar-refractivity contribution in [3.63, 3.8) is 0 Å². The Labute approximate surface area is 149 Å². The fourth-order valence-electron chi connectivity index (χ4n) is 2.50. The molecule has 136 valence electrons. The second-order valence-corrected chi connectivity index (χ2v) is 7.59. The molecule has 25 heavy (non-hydrogen) atoms. The van der Waals surface area contributed by atoms with Crippen molar-refractivity contribution in [2.75, 3.05) is 16.8 Å². The van der Waals surface area contributed by atoms with Gasteiger partial charge in [0.1, 0.15) is 11.4 Å². The van der Waals surface area contributed by atoms with E-state index in [-0.39, 0.29) is 35.2 Å².